The summed E-state index contributed by atoms with van der Waals surface area (Å²) >= 11 is 0. The van der Waals surface area contributed by atoms with Crippen molar-refractivity contribution in [2.75, 3.05) is 0 Å². The van der Waals surface area contributed by atoms with Crippen LogP contribution in [0.25, 0.3) is 38.6 Å². The lowest BCUT2D eigenvalue weighted by molar-refractivity contribution is -0.537. The summed E-state index contributed by atoms with van der Waals surface area (Å²) in [5.74, 6) is 0. The minimum absolute atomic E-state index is 0.890. The molecule has 0 aliphatic carbocycles. The Morgan fingerprint density at radius 2 is 0.867 bits per heavy atom. The molecule has 0 unspecified atom stereocenters. The number of aliphatic imine (C=N–C) groups is 2. The maximum Gasteiger partial charge on any atom is 0.144 e. The van der Waals surface area contributed by atoms with Crippen LogP contribution in [0.5, 0.6) is 0 Å². The van der Waals surface area contributed by atoms with Gasteiger partial charge in [-0.05, 0) is 97.2 Å². The van der Waals surface area contributed by atoms with Crippen LogP contribution in [0.3, 0.4) is 0 Å². The summed E-state index contributed by atoms with van der Waals surface area (Å²) in [5.41, 5.74) is 23.0. The molecule has 0 saturated carbocycles. The third-order valence-corrected chi connectivity index (χ3v) is 12.2. The van der Waals surface area contributed by atoms with Gasteiger partial charge in [0.2, 0.25) is 0 Å². The van der Waals surface area contributed by atoms with E-state index in [0.29, 0.717) is 0 Å². The summed E-state index contributed by atoms with van der Waals surface area (Å²) < 4.78 is 2.40. The summed E-state index contributed by atoms with van der Waals surface area (Å²) in [7, 11) is 0. The molecule has 0 atom stereocenters. The standard InChI is InChI=1S/C56H42N4/c1-34-9-17-38(18-10-34)53-44-32-52(60-33-43-8-6-5-7-42(43)31-51(44)60)56(41-23-15-37(4)16-24-41)50-30-29-49(59-50)55(40-21-13-36(3)14-22-40)48-28-27-47(58-48)54(46-26-25-45(53)57-46)39-19-11-35(2)12-20-39/h5-33,57H,1-4H3/p+1. The highest BCUT2D eigenvalue weighted by Gasteiger charge is 2.30. The number of rotatable bonds is 4. The number of quaternary nitrogens is 1. The summed E-state index contributed by atoms with van der Waals surface area (Å²) in [5, 5.41) is 4.74. The lowest BCUT2D eigenvalue weighted by Crippen LogP contribution is -2.77. The number of hydrogen-bond donors (Lipinski definition) is 1. The molecular weight excluding hydrogens is 729 g/mol. The second kappa shape index (κ2) is 14.2. The van der Waals surface area contributed by atoms with Gasteiger partial charge in [0.15, 0.2) is 0 Å². The van der Waals surface area contributed by atoms with Crippen molar-refractivity contribution in [3.05, 3.63) is 255 Å². The molecule has 0 fully saturated rings. The lowest BCUT2D eigenvalue weighted by Gasteiger charge is -2.13. The van der Waals surface area contributed by atoms with Crippen LogP contribution in [0.15, 0.2) is 209 Å². The van der Waals surface area contributed by atoms with Gasteiger partial charge in [0.25, 0.3) is 0 Å². The Kier molecular flexibility index (Phi) is 8.43. The first-order chi connectivity index (χ1) is 29.3. The van der Waals surface area contributed by atoms with Crippen LogP contribution in [-0.2, 0) is 0 Å². The fraction of sp³-hybridized carbons (Fsp3) is 0.0714. The highest BCUT2D eigenvalue weighted by Crippen LogP contribution is 2.41. The third-order valence-electron chi connectivity index (χ3n) is 12.2. The Balaban J connectivity index is 1.29. The average Bonchev–Trinajstić information content (AvgIpc) is 4.10. The monoisotopic (exact) mass is 771 g/mol. The van der Waals surface area contributed by atoms with Gasteiger partial charge in [-0.3, -0.25) is 5.32 Å². The SMILES string of the molecule is Cc1ccc(C2=C3C=CC(=N3)C(c3ccc(C)cc3)=C3C=CC(=C(c4ccc(C)cc4)c4cc(n5cc6ccccc6cc45)C(c4ccc(C)cc4)=C4C=CC2=N4)[NH2+]3)cc1. The normalized spacial score (nSPS) is 16.0. The van der Waals surface area contributed by atoms with Crippen LogP contribution in [0, 0.1) is 27.7 Å². The predicted octanol–water partition coefficient (Wildman–Crippen LogP) is 11.8. The maximum atomic E-state index is 5.58. The molecule has 4 nitrogen and oxygen atoms in total. The fourth-order valence-corrected chi connectivity index (χ4v) is 8.98. The van der Waals surface area contributed by atoms with Crippen molar-refractivity contribution in [2.24, 2.45) is 9.98 Å². The first-order valence-corrected chi connectivity index (χ1v) is 20.7. The first kappa shape index (κ1) is 35.7. The Hall–Kier alpha value is -7.40. The van der Waals surface area contributed by atoms with Crippen LogP contribution in [-0.4, -0.2) is 15.8 Å². The number of pyridine rings is 1. The molecule has 286 valence electrons. The van der Waals surface area contributed by atoms with E-state index in [2.05, 4.69) is 214 Å². The van der Waals surface area contributed by atoms with E-state index < -0.39 is 0 Å². The molecule has 60 heavy (non-hydrogen) atoms. The van der Waals surface area contributed by atoms with Crippen LogP contribution >= 0.6 is 0 Å². The highest BCUT2D eigenvalue weighted by molar-refractivity contribution is 6.35. The van der Waals surface area contributed by atoms with E-state index >= 15 is 0 Å². The van der Waals surface area contributed by atoms with Crippen molar-refractivity contribution in [3.8, 4) is 0 Å². The predicted molar refractivity (Wildman–Crippen MR) is 250 cm³/mol. The van der Waals surface area contributed by atoms with E-state index in [1.807, 2.05) is 0 Å². The molecule has 2 N–H and O–H groups in total. The van der Waals surface area contributed by atoms with Crippen molar-refractivity contribution in [1.29, 1.82) is 0 Å². The summed E-state index contributed by atoms with van der Waals surface area (Å²) in [6.07, 6.45) is 15.6. The molecule has 5 aromatic carbocycles. The second-order valence-corrected chi connectivity index (χ2v) is 16.4. The molecule has 0 radical (unpaired) electrons. The number of aromatic nitrogens is 1. The van der Waals surface area contributed by atoms with E-state index in [-0.39, 0.29) is 0 Å². The molecule has 2 aromatic heterocycles. The summed E-state index contributed by atoms with van der Waals surface area (Å²) in [6.45, 7) is 8.57. The molecule has 8 bridgehead atoms. The molecule has 0 saturated heterocycles. The summed E-state index contributed by atoms with van der Waals surface area (Å²) in [4.78, 5) is 11.1. The van der Waals surface area contributed by atoms with Gasteiger partial charge in [-0.1, -0.05) is 144 Å². The van der Waals surface area contributed by atoms with Gasteiger partial charge in [-0.25, -0.2) is 9.98 Å². The Labute approximate surface area is 350 Å². The molecule has 4 aliphatic rings. The maximum absolute atomic E-state index is 5.58. The van der Waals surface area contributed by atoms with Crippen molar-refractivity contribution in [3.63, 3.8) is 0 Å². The van der Waals surface area contributed by atoms with Crippen molar-refractivity contribution < 1.29 is 5.32 Å². The number of nitrogens with two attached hydrogens (primary N) is 1. The number of hydrogen-bond acceptors (Lipinski definition) is 2. The molecular formula is C56H43N4+. The minimum atomic E-state index is 0.890. The van der Waals surface area contributed by atoms with E-state index in [0.717, 1.165) is 84.4 Å². The number of fused-ring (bicyclic) bond motifs is 10. The van der Waals surface area contributed by atoms with Crippen LogP contribution in [0.4, 0.5) is 0 Å². The molecule has 0 spiro atoms. The Morgan fingerprint density at radius 3 is 1.43 bits per heavy atom. The van der Waals surface area contributed by atoms with Gasteiger partial charge >= 0.3 is 0 Å². The number of benzene rings is 5. The number of aryl methyl sites for hydroxylation is 4. The third kappa shape index (κ3) is 6.12. The second-order valence-electron chi connectivity index (χ2n) is 16.4. The Bertz CT molecular complexity index is 3240. The van der Waals surface area contributed by atoms with Crippen molar-refractivity contribution in [2.45, 2.75) is 27.7 Å². The van der Waals surface area contributed by atoms with Crippen molar-refractivity contribution >= 4 is 50.0 Å². The number of nitrogens with zero attached hydrogens (tertiary/aromatic N) is 3. The molecule has 11 rings (SSSR count). The fourth-order valence-electron chi connectivity index (χ4n) is 8.98. The molecule has 6 heterocycles. The molecule has 7 aromatic rings. The van der Waals surface area contributed by atoms with E-state index in [1.165, 1.54) is 44.2 Å². The quantitative estimate of drug-likeness (QED) is 0.185. The van der Waals surface area contributed by atoms with E-state index in [4.69, 9.17) is 9.98 Å². The smallest absolute Gasteiger partial charge is 0.144 e. The van der Waals surface area contributed by atoms with Gasteiger partial charge in [0.1, 0.15) is 11.4 Å². The van der Waals surface area contributed by atoms with Gasteiger partial charge in [0.05, 0.1) is 45.2 Å². The largest absolute Gasteiger partial charge is 0.315 e. The zero-order chi connectivity index (χ0) is 40.5. The summed E-state index contributed by atoms with van der Waals surface area (Å²) in [6, 6.07) is 48.9. The van der Waals surface area contributed by atoms with E-state index in [9.17, 15) is 0 Å². The average molecular weight is 772 g/mol. The first-order valence-electron chi connectivity index (χ1n) is 20.7. The Morgan fingerprint density at radius 1 is 0.417 bits per heavy atom. The van der Waals surface area contributed by atoms with Crippen LogP contribution in [0.2, 0.25) is 0 Å². The van der Waals surface area contributed by atoms with Gasteiger partial charge in [-0.2, -0.15) is 0 Å². The topological polar surface area (TPSA) is 45.7 Å². The highest BCUT2D eigenvalue weighted by atomic mass is 14.9. The zero-order valence-electron chi connectivity index (χ0n) is 34.2. The van der Waals surface area contributed by atoms with Crippen LogP contribution in [0.1, 0.15) is 55.8 Å². The molecule has 0 amide bonds. The van der Waals surface area contributed by atoms with Gasteiger partial charge in [0, 0.05) is 35.1 Å². The number of allylic oxidation sites excluding steroid dienone is 8. The van der Waals surface area contributed by atoms with Crippen LogP contribution < -0.4 is 5.32 Å². The van der Waals surface area contributed by atoms with Gasteiger partial charge in [-0.15, -0.1) is 0 Å². The zero-order valence-corrected chi connectivity index (χ0v) is 34.2. The van der Waals surface area contributed by atoms with Gasteiger partial charge < -0.3 is 4.40 Å². The lowest BCUT2D eigenvalue weighted by atomic mass is 9.94. The molecule has 4 aliphatic heterocycles. The minimum Gasteiger partial charge on any atom is -0.315 e. The molecule has 4 heteroatoms. The van der Waals surface area contributed by atoms with Crippen molar-refractivity contribution in [1.82, 2.24) is 4.40 Å². The van der Waals surface area contributed by atoms with E-state index in [1.54, 1.807) is 0 Å².